The monoisotopic (exact) mass is 504 g/mol. The van der Waals surface area contributed by atoms with E-state index in [2.05, 4.69) is 58.8 Å². The van der Waals surface area contributed by atoms with E-state index >= 15 is 0 Å². The van der Waals surface area contributed by atoms with Crippen molar-refractivity contribution in [1.82, 2.24) is 0 Å². The molecule has 0 radical (unpaired) electrons. The van der Waals surface area contributed by atoms with E-state index < -0.39 is 51.7 Å². The standard InChI is InChI=1S/C28H42O6Si/c1-18-19(2)21(4)31-27(20(18)3)33-23-16-25(29-14-11-15-35(5,6)7)32-24-17-30-28(34-26(23)24)22-12-9-8-10-13-22/h8-10,12-13,18-21,23-28H,14,16-17H2,1-7H3/t18-,19-,20?,21?,23+,24?,25+,26+,27-,28?/m0/s1/i16T/t16?,18-,19-,20?,21?,23+,24?,25+,26+,27-,28?. The van der Waals surface area contributed by atoms with Crippen LogP contribution >= 0.6 is 0 Å². The highest BCUT2D eigenvalue weighted by Gasteiger charge is 2.48. The van der Waals surface area contributed by atoms with Gasteiger partial charge in [-0.3, -0.25) is 0 Å². The highest BCUT2D eigenvalue weighted by molar-refractivity contribution is 6.83. The largest absolute Gasteiger partial charge is 0.349 e. The first kappa shape index (κ1) is 25.4. The van der Waals surface area contributed by atoms with Gasteiger partial charge < -0.3 is 28.4 Å². The van der Waals surface area contributed by atoms with Crippen LogP contribution in [0.2, 0.25) is 19.6 Å². The van der Waals surface area contributed by atoms with E-state index in [9.17, 15) is 0 Å². The van der Waals surface area contributed by atoms with Gasteiger partial charge in [0.05, 0.1) is 18.8 Å². The Labute approximate surface area is 213 Å². The van der Waals surface area contributed by atoms with Crippen LogP contribution in [-0.2, 0) is 28.4 Å². The van der Waals surface area contributed by atoms with Crippen molar-refractivity contribution in [3.63, 3.8) is 0 Å². The summed E-state index contributed by atoms with van der Waals surface area (Å²) >= 11 is 0. The van der Waals surface area contributed by atoms with Gasteiger partial charge in [-0.1, -0.05) is 76.7 Å². The summed E-state index contributed by atoms with van der Waals surface area (Å²) in [7, 11) is -1.51. The molecule has 1 aromatic rings. The third kappa shape index (κ3) is 6.75. The smallest absolute Gasteiger partial charge is 0.184 e. The van der Waals surface area contributed by atoms with E-state index in [0.29, 0.717) is 18.4 Å². The van der Waals surface area contributed by atoms with Crippen molar-refractivity contribution >= 4 is 8.07 Å². The number of benzene rings is 1. The topological polar surface area (TPSA) is 55.4 Å². The number of hydrogen-bond acceptors (Lipinski definition) is 6. The second-order valence-electron chi connectivity index (χ2n) is 11.2. The van der Waals surface area contributed by atoms with E-state index in [4.69, 9.17) is 29.8 Å². The summed E-state index contributed by atoms with van der Waals surface area (Å²) < 4.78 is 46.6. The van der Waals surface area contributed by atoms with Crippen LogP contribution in [0.1, 0.15) is 47.3 Å². The SMILES string of the molecule is [3H]C1[C@H](OCC#C[Si](C)(C)C)OC2COC(c3ccccc3)O[C@@H]2[C@@H]1O[C@@H]1OC(C)[C@@H](C)[C@H](C)C1C. The van der Waals surface area contributed by atoms with Gasteiger partial charge in [0.25, 0.3) is 0 Å². The zero-order valence-corrected chi connectivity index (χ0v) is 23.1. The molecule has 0 aromatic heterocycles. The average molecular weight is 505 g/mol. The Morgan fingerprint density at radius 2 is 1.74 bits per heavy atom. The van der Waals surface area contributed by atoms with Gasteiger partial charge in [-0.15, -0.1) is 5.54 Å². The molecule has 6 nitrogen and oxygen atoms in total. The fourth-order valence-corrected chi connectivity index (χ4v) is 5.39. The number of ether oxygens (including phenoxy) is 6. The van der Waals surface area contributed by atoms with Crippen LogP contribution in [0.15, 0.2) is 30.3 Å². The minimum absolute atomic E-state index is 0.0672. The van der Waals surface area contributed by atoms with Crippen molar-refractivity contribution < 1.29 is 29.8 Å². The Balaban J connectivity index is 1.53. The van der Waals surface area contributed by atoms with Crippen molar-refractivity contribution in [3.05, 3.63) is 35.9 Å². The molecular weight excluding hydrogens is 460 g/mol. The minimum atomic E-state index is -1.51. The van der Waals surface area contributed by atoms with Crippen molar-refractivity contribution in [2.45, 2.75) is 97.0 Å². The fourth-order valence-electron chi connectivity index (χ4n) is 4.79. The number of fused-ring (bicyclic) bond motifs is 1. The molecule has 3 heterocycles. The Bertz CT molecular complexity index is 914. The maximum absolute atomic E-state index is 9.07. The van der Waals surface area contributed by atoms with Gasteiger partial charge in [0, 0.05) is 19.2 Å². The number of hydrogen-bond donors (Lipinski definition) is 0. The van der Waals surface area contributed by atoms with Crippen molar-refractivity contribution in [3.8, 4) is 11.5 Å². The Kier molecular flexibility index (Phi) is 8.30. The summed E-state index contributed by atoms with van der Waals surface area (Å²) in [6.45, 7) is 15.8. The van der Waals surface area contributed by atoms with E-state index in [0.717, 1.165) is 5.56 Å². The summed E-state index contributed by atoms with van der Waals surface area (Å²) in [5, 5.41) is 0. The van der Waals surface area contributed by atoms with Gasteiger partial charge in [0.15, 0.2) is 18.9 Å². The lowest BCUT2D eigenvalue weighted by Gasteiger charge is -2.48. The van der Waals surface area contributed by atoms with Crippen molar-refractivity contribution in [2.75, 3.05) is 13.2 Å². The molecule has 4 rings (SSSR count). The molecule has 0 saturated carbocycles. The van der Waals surface area contributed by atoms with Crippen LogP contribution in [-0.4, -0.2) is 58.3 Å². The Morgan fingerprint density at radius 3 is 2.46 bits per heavy atom. The molecule has 3 saturated heterocycles. The summed E-state index contributed by atoms with van der Waals surface area (Å²) in [5.74, 6) is 4.14. The van der Waals surface area contributed by atoms with Gasteiger partial charge >= 0.3 is 0 Å². The molecule has 3 fully saturated rings. The fraction of sp³-hybridized carbons (Fsp3) is 0.714. The van der Waals surface area contributed by atoms with Crippen LogP contribution in [0.3, 0.4) is 0 Å². The molecular formula is C28H42O6Si. The summed E-state index contributed by atoms with van der Waals surface area (Å²) in [6, 6.07) is 9.83. The third-order valence-corrected chi connectivity index (χ3v) is 8.29. The molecule has 5 unspecified atom stereocenters. The first-order valence-electron chi connectivity index (χ1n) is 13.4. The second kappa shape index (κ2) is 11.4. The summed E-state index contributed by atoms with van der Waals surface area (Å²) in [6.07, 6.45) is -4.03. The molecule has 0 bridgehead atoms. The molecule has 3 aliphatic rings. The number of rotatable bonds is 5. The Hall–Kier alpha value is -1.24. The van der Waals surface area contributed by atoms with Gasteiger partial charge in [0.2, 0.25) is 0 Å². The van der Waals surface area contributed by atoms with Crippen LogP contribution < -0.4 is 0 Å². The second-order valence-corrected chi connectivity index (χ2v) is 15.9. The van der Waals surface area contributed by atoms with E-state index in [1.807, 2.05) is 30.3 Å². The summed E-state index contributed by atoms with van der Waals surface area (Å²) in [4.78, 5) is 0. The quantitative estimate of drug-likeness (QED) is 0.408. The first-order valence-corrected chi connectivity index (χ1v) is 16.4. The molecule has 7 heteroatoms. The summed E-state index contributed by atoms with van der Waals surface area (Å²) in [5.41, 5.74) is 4.23. The van der Waals surface area contributed by atoms with Crippen molar-refractivity contribution in [2.24, 2.45) is 17.8 Å². The van der Waals surface area contributed by atoms with Crippen LogP contribution in [0.25, 0.3) is 0 Å². The molecule has 194 valence electrons. The lowest BCUT2D eigenvalue weighted by atomic mass is 9.79. The van der Waals surface area contributed by atoms with Gasteiger partial charge in [-0.2, -0.15) is 0 Å². The molecule has 0 N–H and O–H groups in total. The highest BCUT2D eigenvalue weighted by Crippen LogP contribution is 2.40. The molecule has 1 aromatic carbocycles. The van der Waals surface area contributed by atoms with Gasteiger partial charge in [0.1, 0.15) is 26.9 Å². The van der Waals surface area contributed by atoms with Crippen LogP contribution in [0.4, 0.5) is 0 Å². The minimum Gasteiger partial charge on any atom is -0.349 e. The molecule has 0 amide bonds. The maximum Gasteiger partial charge on any atom is 0.184 e. The van der Waals surface area contributed by atoms with Gasteiger partial charge in [-0.05, 0) is 18.8 Å². The lowest BCUT2D eigenvalue weighted by molar-refractivity contribution is -0.362. The van der Waals surface area contributed by atoms with E-state index in [1.54, 1.807) is 0 Å². The van der Waals surface area contributed by atoms with E-state index in [1.165, 1.54) is 0 Å². The lowest BCUT2D eigenvalue weighted by Crippen LogP contribution is -2.58. The maximum atomic E-state index is 9.07. The highest BCUT2D eigenvalue weighted by atomic mass is 28.3. The zero-order chi connectivity index (χ0) is 26.0. The normalized spacial score (nSPS) is 42.4. The zero-order valence-electron chi connectivity index (χ0n) is 23.1. The predicted octanol–water partition coefficient (Wildman–Crippen LogP) is 5.15. The van der Waals surface area contributed by atoms with E-state index in [-0.39, 0.29) is 18.6 Å². The molecule has 0 spiro atoms. The molecule has 0 aliphatic carbocycles. The third-order valence-electron chi connectivity index (χ3n) is 7.36. The average Bonchev–Trinajstić information content (AvgIpc) is 2.85. The first-order chi connectivity index (χ1) is 17.0. The predicted molar refractivity (Wildman–Crippen MR) is 137 cm³/mol. The van der Waals surface area contributed by atoms with Crippen molar-refractivity contribution in [1.29, 1.82) is 0 Å². The molecule has 35 heavy (non-hydrogen) atoms. The van der Waals surface area contributed by atoms with Crippen LogP contribution in [0, 0.1) is 29.2 Å². The van der Waals surface area contributed by atoms with Gasteiger partial charge in [-0.25, -0.2) is 0 Å². The molecule has 11 atom stereocenters. The van der Waals surface area contributed by atoms with Crippen LogP contribution in [0.5, 0.6) is 0 Å². The Morgan fingerprint density at radius 1 is 1.00 bits per heavy atom. The molecule has 3 aliphatic heterocycles.